The van der Waals surface area contributed by atoms with E-state index >= 15 is 0 Å². The quantitative estimate of drug-likeness (QED) is 0.242. The lowest BCUT2D eigenvalue weighted by atomic mass is 10.1. The Kier molecular flexibility index (Phi) is 10.3. The van der Waals surface area contributed by atoms with Gasteiger partial charge in [0, 0.05) is 24.4 Å². The molecule has 3 aromatic rings. The molecular formula is C26H27BrN2O4S. The van der Waals surface area contributed by atoms with Crippen molar-refractivity contribution in [3.8, 4) is 11.5 Å². The summed E-state index contributed by atoms with van der Waals surface area (Å²) >= 11 is 8.74. The maximum absolute atomic E-state index is 12.6. The molecule has 0 aliphatic heterocycles. The Balaban J connectivity index is 1.46. The smallest absolute Gasteiger partial charge is 0.257 e. The van der Waals surface area contributed by atoms with Crippen LogP contribution in [0.1, 0.15) is 22.3 Å². The first-order chi connectivity index (χ1) is 16.5. The van der Waals surface area contributed by atoms with E-state index in [0.717, 1.165) is 24.3 Å². The van der Waals surface area contributed by atoms with Crippen molar-refractivity contribution in [3.63, 3.8) is 0 Å². The van der Waals surface area contributed by atoms with Gasteiger partial charge < -0.3 is 19.5 Å². The zero-order valence-corrected chi connectivity index (χ0v) is 21.3. The van der Waals surface area contributed by atoms with Crippen LogP contribution >= 0.6 is 28.1 Å². The van der Waals surface area contributed by atoms with Gasteiger partial charge in [-0.05, 0) is 76.9 Å². The number of hydrogen-bond acceptors (Lipinski definition) is 5. The van der Waals surface area contributed by atoms with E-state index in [-0.39, 0.29) is 11.0 Å². The van der Waals surface area contributed by atoms with Gasteiger partial charge in [0.2, 0.25) is 0 Å². The number of carbonyl (C=O) groups is 1. The van der Waals surface area contributed by atoms with Crippen LogP contribution in [0.5, 0.6) is 11.5 Å². The fourth-order valence-corrected chi connectivity index (χ4v) is 3.81. The maximum atomic E-state index is 12.6. The second kappa shape index (κ2) is 13.7. The van der Waals surface area contributed by atoms with Crippen LogP contribution in [0.4, 0.5) is 5.69 Å². The van der Waals surface area contributed by atoms with Gasteiger partial charge in [-0.25, -0.2) is 0 Å². The largest absolute Gasteiger partial charge is 0.494 e. The molecule has 0 bridgehead atoms. The van der Waals surface area contributed by atoms with Gasteiger partial charge in [0.05, 0.1) is 17.7 Å². The highest BCUT2D eigenvalue weighted by Gasteiger charge is 2.11. The summed E-state index contributed by atoms with van der Waals surface area (Å²) in [5.74, 6) is 1.05. The summed E-state index contributed by atoms with van der Waals surface area (Å²) in [6.07, 6.45) is 1.88. The number of rotatable bonds is 11. The Morgan fingerprint density at radius 3 is 2.53 bits per heavy atom. The molecule has 0 saturated heterocycles. The minimum absolute atomic E-state index is 0.197. The highest BCUT2D eigenvalue weighted by Crippen LogP contribution is 2.26. The number of anilines is 1. The number of carbonyl (C=O) groups excluding carboxylic acids is 1. The van der Waals surface area contributed by atoms with E-state index in [1.807, 2.05) is 42.5 Å². The molecule has 8 heteroatoms. The van der Waals surface area contributed by atoms with Crippen molar-refractivity contribution in [3.05, 3.63) is 88.4 Å². The average Bonchev–Trinajstić information content (AvgIpc) is 2.84. The summed E-state index contributed by atoms with van der Waals surface area (Å²) in [4.78, 5) is 12.6. The van der Waals surface area contributed by atoms with Crippen molar-refractivity contribution < 1.29 is 19.0 Å². The van der Waals surface area contributed by atoms with Crippen LogP contribution in [0.25, 0.3) is 0 Å². The Labute approximate surface area is 213 Å². The molecule has 34 heavy (non-hydrogen) atoms. The van der Waals surface area contributed by atoms with E-state index < -0.39 is 0 Å². The van der Waals surface area contributed by atoms with Crippen molar-refractivity contribution in [1.82, 2.24) is 5.32 Å². The van der Waals surface area contributed by atoms with Crippen LogP contribution in [-0.4, -0.2) is 38.0 Å². The van der Waals surface area contributed by atoms with Crippen molar-refractivity contribution in [2.75, 3.05) is 32.2 Å². The van der Waals surface area contributed by atoms with Gasteiger partial charge in [0.1, 0.15) is 18.1 Å². The van der Waals surface area contributed by atoms with Crippen LogP contribution in [0.3, 0.4) is 0 Å². The van der Waals surface area contributed by atoms with Crippen molar-refractivity contribution >= 4 is 44.9 Å². The third kappa shape index (κ3) is 8.44. The number of methoxy groups -OCH3 is 1. The van der Waals surface area contributed by atoms with Gasteiger partial charge >= 0.3 is 0 Å². The molecule has 2 N–H and O–H groups in total. The third-order valence-electron chi connectivity index (χ3n) is 4.78. The SMILES string of the molecule is COCCOc1ccc(C(=O)NC(=S)Nc2cccc(OCCCc3ccccc3)c2)cc1Br. The van der Waals surface area contributed by atoms with Gasteiger partial charge in [-0.1, -0.05) is 36.4 Å². The van der Waals surface area contributed by atoms with E-state index in [2.05, 4.69) is 38.7 Å². The fraction of sp³-hybridized carbons (Fsp3) is 0.231. The lowest BCUT2D eigenvalue weighted by Gasteiger charge is -2.12. The summed E-state index contributed by atoms with van der Waals surface area (Å²) in [7, 11) is 1.61. The summed E-state index contributed by atoms with van der Waals surface area (Å²) in [5.41, 5.74) is 2.47. The third-order valence-corrected chi connectivity index (χ3v) is 5.60. The summed E-state index contributed by atoms with van der Waals surface area (Å²) < 4.78 is 17.1. The molecule has 0 aliphatic rings. The van der Waals surface area contributed by atoms with Gasteiger partial charge in [-0.3, -0.25) is 10.1 Å². The Morgan fingerprint density at radius 1 is 0.941 bits per heavy atom. The van der Waals surface area contributed by atoms with E-state index in [0.29, 0.717) is 35.6 Å². The first-order valence-electron chi connectivity index (χ1n) is 10.9. The van der Waals surface area contributed by atoms with E-state index in [4.69, 9.17) is 26.4 Å². The molecule has 0 unspecified atom stereocenters. The Hall–Kier alpha value is -2.94. The van der Waals surface area contributed by atoms with E-state index in [1.165, 1.54) is 5.56 Å². The predicted molar refractivity (Wildman–Crippen MR) is 142 cm³/mol. The van der Waals surface area contributed by atoms with Gasteiger partial charge in [-0.2, -0.15) is 0 Å². The predicted octanol–water partition coefficient (Wildman–Crippen LogP) is 5.61. The number of thiocarbonyl (C=S) groups is 1. The molecule has 0 radical (unpaired) electrons. The number of nitrogens with one attached hydrogen (secondary N) is 2. The zero-order valence-electron chi connectivity index (χ0n) is 18.9. The van der Waals surface area contributed by atoms with Crippen LogP contribution < -0.4 is 20.1 Å². The molecule has 178 valence electrons. The first kappa shape index (κ1) is 25.7. The second-order valence-electron chi connectivity index (χ2n) is 7.36. The lowest BCUT2D eigenvalue weighted by Crippen LogP contribution is -2.34. The molecule has 3 aromatic carbocycles. The molecule has 0 atom stereocenters. The monoisotopic (exact) mass is 542 g/mol. The van der Waals surface area contributed by atoms with Crippen LogP contribution in [0, 0.1) is 0 Å². The fourth-order valence-electron chi connectivity index (χ4n) is 3.11. The summed E-state index contributed by atoms with van der Waals surface area (Å²) in [6.45, 7) is 1.51. The number of benzene rings is 3. The minimum Gasteiger partial charge on any atom is -0.494 e. The van der Waals surface area contributed by atoms with Crippen LogP contribution in [-0.2, 0) is 11.2 Å². The normalized spacial score (nSPS) is 10.4. The van der Waals surface area contributed by atoms with Crippen LogP contribution in [0.2, 0.25) is 0 Å². The number of hydrogen-bond donors (Lipinski definition) is 2. The lowest BCUT2D eigenvalue weighted by molar-refractivity contribution is 0.0977. The van der Waals surface area contributed by atoms with Gasteiger partial charge in [-0.15, -0.1) is 0 Å². The van der Waals surface area contributed by atoms with E-state index in [9.17, 15) is 4.79 Å². The molecule has 1 amide bonds. The molecule has 3 rings (SSSR count). The van der Waals surface area contributed by atoms with Gasteiger partial charge in [0.25, 0.3) is 5.91 Å². The van der Waals surface area contributed by atoms with Crippen molar-refractivity contribution in [1.29, 1.82) is 0 Å². The number of aryl methyl sites for hydroxylation is 1. The molecular weight excluding hydrogens is 516 g/mol. The maximum Gasteiger partial charge on any atom is 0.257 e. The van der Waals surface area contributed by atoms with Gasteiger partial charge in [0.15, 0.2) is 5.11 Å². The van der Waals surface area contributed by atoms with Crippen molar-refractivity contribution in [2.24, 2.45) is 0 Å². The van der Waals surface area contributed by atoms with Crippen LogP contribution in [0.15, 0.2) is 77.3 Å². The molecule has 0 saturated carbocycles. The minimum atomic E-state index is -0.324. The first-order valence-corrected chi connectivity index (χ1v) is 12.1. The number of halogens is 1. The topological polar surface area (TPSA) is 68.8 Å². The zero-order chi connectivity index (χ0) is 24.2. The van der Waals surface area contributed by atoms with E-state index in [1.54, 1.807) is 25.3 Å². The highest BCUT2D eigenvalue weighted by atomic mass is 79.9. The molecule has 0 aromatic heterocycles. The Bertz CT molecular complexity index is 1100. The Morgan fingerprint density at radius 2 is 1.76 bits per heavy atom. The average molecular weight is 543 g/mol. The summed E-state index contributed by atoms with van der Waals surface area (Å²) in [5, 5.41) is 5.92. The second-order valence-corrected chi connectivity index (χ2v) is 8.62. The molecule has 0 aliphatic carbocycles. The number of amides is 1. The molecule has 0 fully saturated rings. The molecule has 0 heterocycles. The van der Waals surface area contributed by atoms with Crippen molar-refractivity contribution in [2.45, 2.75) is 12.8 Å². The highest BCUT2D eigenvalue weighted by molar-refractivity contribution is 9.10. The summed E-state index contributed by atoms with van der Waals surface area (Å²) in [6, 6.07) is 22.9. The molecule has 6 nitrogen and oxygen atoms in total. The standard InChI is InChI=1S/C26H27BrN2O4S/c1-31-15-16-33-24-13-12-20(17-23(24)27)25(30)29-26(34)28-21-10-5-11-22(18-21)32-14-6-9-19-7-3-2-4-8-19/h2-5,7-8,10-13,17-18H,6,9,14-16H2,1H3,(H2,28,29,30,34). The number of ether oxygens (including phenoxy) is 3. The molecule has 0 spiro atoms.